The van der Waals surface area contributed by atoms with E-state index in [1.807, 2.05) is 41.9 Å². The fraction of sp³-hybridized carbons (Fsp3) is 0.200. The lowest BCUT2D eigenvalue weighted by atomic mass is 10.1. The van der Waals surface area contributed by atoms with Crippen molar-refractivity contribution < 1.29 is 18.6 Å². The Morgan fingerprint density at radius 2 is 1.91 bits per heavy atom. The zero-order valence-corrected chi connectivity index (χ0v) is 19.9. The molecular weight excluding hydrogens is 477 g/mol. The van der Waals surface area contributed by atoms with Gasteiger partial charge in [0.25, 0.3) is 0 Å². The molecule has 0 spiro atoms. The topological polar surface area (TPSA) is 58.4 Å². The molecule has 34 heavy (non-hydrogen) atoms. The number of ether oxygens (including phenoxy) is 3. The number of rotatable bonds is 7. The molecule has 6 nitrogen and oxygen atoms in total. The van der Waals surface area contributed by atoms with Gasteiger partial charge in [0.2, 0.25) is 6.29 Å². The minimum atomic E-state index is -0.533. The third-order valence-electron chi connectivity index (χ3n) is 5.36. The first-order valence-electron chi connectivity index (χ1n) is 10.6. The molecule has 0 saturated heterocycles. The van der Waals surface area contributed by atoms with Crippen LogP contribution in [0.3, 0.4) is 0 Å². The maximum absolute atomic E-state index is 14.3. The number of hydrogen-bond acceptors (Lipinski definition) is 6. The van der Waals surface area contributed by atoms with E-state index < -0.39 is 6.29 Å². The average molecular weight is 498 g/mol. The first kappa shape index (κ1) is 22.7. The monoisotopic (exact) mass is 497 g/mol. The highest BCUT2D eigenvalue weighted by Crippen LogP contribution is 2.38. The summed E-state index contributed by atoms with van der Waals surface area (Å²) in [5.74, 6) is 2.16. The third-order valence-corrected chi connectivity index (χ3v) is 6.68. The molecule has 4 aromatic rings. The van der Waals surface area contributed by atoms with Crippen LogP contribution in [-0.4, -0.2) is 14.8 Å². The number of nitrogens with zero attached hydrogens (tertiary/aromatic N) is 3. The summed E-state index contributed by atoms with van der Waals surface area (Å²) >= 11 is 7.36. The molecule has 0 fully saturated rings. The Hall–Kier alpha value is -3.07. The zero-order valence-electron chi connectivity index (χ0n) is 18.3. The van der Waals surface area contributed by atoms with Crippen molar-refractivity contribution in [3.63, 3.8) is 0 Å². The molecule has 0 saturated carbocycles. The highest BCUT2D eigenvalue weighted by Gasteiger charge is 2.25. The lowest BCUT2D eigenvalue weighted by Crippen LogP contribution is -2.19. The summed E-state index contributed by atoms with van der Waals surface area (Å²) in [6.45, 7) is 0.542. The van der Waals surface area contributed by atoms with Crippen molar-refractivity contribution in [2.24, 2.45) is 7.05 Å². The van der Waals surface area contributed by atoms with Gasteiger partial charge in [-0.2, -0.15) is 0 Å². The minimum Gasteiger partial charge on any atom is -0.486 e. The van der Waals surface area contributed by atoms with Gasteiger partial charge in [0.15, 0.2) is 11.0 Å². The average Bonchev–Trinajstić information content (AvgIpc) is 3.21. The number of aromatic nitrogens is 3. The Bertz CT molecular complexity index is 1280. The van der Waals surface area contributed by atoms with Gasteiger partial charge >= 0.3 is 0 Å². The van der Waals surface area contributed by atoms with Gasteiger partial charge < -0.3 is 18.8 Å². The Morgan fingerprint density at radius 3 is 2.71 bits per heavy atom. The SMILES string of the molecule is Cn1c(COc2ccc(Cl)cc2)nnc1SCc1cc(F)cc2c1OC(c1ccccc1)OC2. The zero-order chi connectivity index (χ0) is 23.5. The lowest BCUT2D eigenvalue weighted by molar-refractivity contribution is -0.112. The van der Waals surface area contributed by atoms with Crippen molar-refractivity contribution >= 4 is 23.4 Å². The Balaban J connectivity index is 1.28. The minimum absolute atomic E-state index is 0.264. The molecule has 1 aromatic heterocycles. The molecule has 3 aromatic carbocycles. The maximum Gasteiger partial charge on any atom is 0.227 e. The van der Waals surface area contributed by atoms with Crippen LogP contribution in [0, 0.1) is 5.82 Å². The number of thioether (sulfide) groups is 1. The van der Waals surface area contributed by atoms with Crippen LogP contribution in [0.5, 0.6) is 11.5 Å². The summed E-state index contributed by atoms with van der Waals surface area (Å²) in [7, 11) is 1.87. The fourth-order valence-electron chi connectivity index (χ4n) is 3.58. The van der Waals surface area contributed by atoms with E-state index in [0.717, 1.165) is 11.1 Å². The van der Waals surface area contributed by atoms with Gasteiger partial charge in [0.1, 0.15) is 23.9 Å². The molecule has 9 heteroatoms. The van der Waals surface area contributed by atoms with E-state index in [9.17, 15) is 4.39 Å². The number of benzene rings is 3. The summed E-state index contributed by atoms with van der Waals surface area (Å²) in [5.41, 5.74) is 2.35. The number of halogens is 2. The molecule has 2 heterocycles. The Kier molecular flexibility index (Phi) is 6.71. The highest BCUT2D eigenvalue weighted by molar-refractivity contribution is 7.98. The van der Waals surface area contributed by atoms with E-state index in [1.165, 1.54) is 23.9 Å². The molecule has 0 bridgehead atoms. The summed E-state index contributed by atoms with van der Waals surface area (Å²) in [4.78, 5) is 0. The third kappa shape index (κ3) is 5.04. The van der Waals surface area contributed by atoms with Crippen molar-refractivity contribution in [3.05, 3.63) is 100 Å². The van der Waals surface area contributed by atoms with Crippen LogP contribution >= 0.6 is 23.4 Å². The number of hydrogen-bond donors (Lipinski definition) is 0. The molecule has 0 N–H and O–H groups in total. The lowest BCUT2D eigenvalue weighted by Gasteiger charge is -2.28. The van der Waals surface area contributed by atoms with E-state index in [4.69, 9.17) is 25.8 Å². The molecular formula is C25H21ClFN3O3S. The van der Waals surface area contributed by atoms with E-state index in [1.54, 1.807) is 24.3 Å². The van der Waals surface area contributed by atoms with Gasteiger partial charge in [-0.3, -0.25) is 0 Å². The van der Waals surface area contributed by atoms with Crippen LogP contribution in [0.25, 0.3) is 0 Å². The van der Waals surface area contributed by atoms with Crippen LogP contribution in [0.1, 0.15) is 28.8 Å². The smallest absolute Gasteiger partial charge is 0.227 e. The van der Waals surface area contributed by atoms with Crippen LogP contribution in [-0.2, 0) is 30.8 Å². The van der Waals surface area contributed by atoms with Crippen LogP contribution in [0.2, 0.25) is 5.02 Å². The molecule has 0 aliphatic carbocycles. The molecule has 1 unspecified atom stereocenters. The van der Waals surface area contributed by atoms with Gasteiger partial charge in [-0.25, -0.2) is 4.39 Å². The van der Waals surface area contributed by atoms with Gasteiger partial charge in [0, 0.05) is 34.5 Å². The van der Waals surface area contributed by atoms with Crippen molar-refractivity contribution in [2.45, 2.75) is 30.4 Å². The van der Waals surface area contributed by atoms with Gasteiger partial charge in [0.05, 0.1) is 6.61 Å². The molecule has 0 amide bonds. The first-order valence-corrected chi connectivity index (χ1v) is 12.0. The summed E-state index contributed by atoms with van der Waals surface area (Å²) in [6.07, 6.45) is -0.533. The van der Waals surface area contributed by atoms with Gasteiger partial charge in [-0.15, -0.1) is 10.2 Å². The second-order valence-corrected chi connectivity index (χ2v) is 9.09. The maximum atomic E-state index is 14.3. The van der Waals surface area contributed by atoms with E-state index >= 15 is 0 Å². The first-order chi connectivity index (χ1) is 16.6. The summed E-state index contributed by atoms with van der Waals surface area (Å²) < 4.78 is 33.9. The van der Waals surface area contributed by atoms with Crippen molar-refractivity contribution in [1.82, 2.24) is 14.8 Å². The summed E-state index contributed by atoms with van der Waals surface area (Å²) in [6, 6.07) is 19.8. The highest BCUT2D eigenvalue weighted by atomic mass is 35.5. The van der Waals surface area contributed by atoms with E-state index in [0.29, 0.717) is 38.8 Å². The molecule has 0 radical (unpaired) electrons. The van der Waals surface area contributed by atoms with Crippen molar-refractivity contribution in [1.29, 1.82) is 0 Å². The Labute approximate surface area is 205 Å². The van der Waals surface area contributed by atoms with Gasteiger partial charge in [-0.1, -0.05) is 53.7 Å². The van der Waals surface area contributed by atoms with Crippen LogP contribution in [0.4, 0.5) is 4.39 Å². The molecule has 1 aliphatic heterocycles. The quantitative estimate of drug-likeness (QED) is 0.288. The molecule has 174 valence electrons. The molecule has 1 atom stereocenters. The van der Waals surface area contributed by atoms with Crippen molar-refractivity contribution in [3.8, 4) is 11.5 Å². The second-order valence-electron chi connectivity index (χ2n) is 7.71. The largest absolute Gasteiger partial charge is 0.486 e. The Morgan fingerprint density at radius 1 is 1.12 bits per heavy atom. The fourth-order valence-corrected chi connectivity index (χ4v) is 4.60. The van der Waals surface area contributed by atoms with Crippen LogP contribution in [0.15, 0.2) is 71.9 Å². The normalized spacial score (nSPS) is 15.0. The van der Waals surface area contributed by atoms with E-state index in [2.05, 4.69) is 10.2 Å². The van der Waals surface area contributed by atoms with E-state index in [-0.39, 0.29) is 19.0 Å². The number of fused-ring (bicyclic) bond motifs is 1. The predicted octanol–water partition coefficient (Wildman–Crippen LogP) is 6.09. The van der Waals surface area contributed by atoms with Crippen LogP contribution < -0.4 is 9.47 Å². The standard InChI is InChI=1S/C25H21ClFN3O3S/c1-30-22(14-31-21-9-7-19(26)8-10-21)28-29-25(30)34-15-18-12-20(27)11-17-13-32-24(33-23(17)18)16-5-3-2-4-6-16/h2-12,24H,13-15H2,1H3. The molecule has 5 rings (SSSR count). The van der Waals surface area contributed by atoms with Crippen molar-refractivity contribution in [2.75, 3.05) is 0 Å². The predicted molar refractivity (Wildman–Crippen MR) is 127 cm³/mol. The second kappa shape index (κ2) is 10.0. The summed E-state index contributed by atoms with van der Waals surface area (Å²) in [5, 5.41) is 9.84. The van der Waals surface area contributed by atoms with Gasteiger partial charge in [-0.05, 0) is 36.4 Å². The molecule has 1 aliphatic rings.